The van der Waals surface area contributed by atoms with Gasteiger partial charge in [0.25, 0.3) is 0 Å². The van der Waals surface area contributed by atoms with Crippen LogP contribution in [0.25, 0.3) is 0 Å². The Labute approximate surface area is 82.9 Å². The molecule has 0 aliphatic heterocycles. The largest absolute Gasteiger partial charge is 0.325 e. The number of hydrogen-bond acceptors (Lipinski definition) is 1. The van der Waals surface area contributed by atoms with Crippen LogP contribution in [0.1, 0.15) is 24.8 Å². The number of hydrogen-bond donors (Lipinski definition) is 1. The van der Waals surface area contributed by atoms with E-state index in [0.29, 0.717) is 5.41 Å². The second-order valence-electron chi connectivity index (χ2n) is 4.68. The van der Waals surface area contributed by atoms with E-state index >= 15 is 0 Å². The fourth-order valence-electron chi connectivity index (χ4n) is 2.98. The van der Waals surface area contributed by atoms with Gasteiger partial charge in [-0.15, -0.1) is 0 Å². The summed E-state index contributed by atoms with van der Waals surface area (Å²) in [6.07, 6.45) is 3.50. The van der Waals surface area contributed by atoms with Gasteiger partial charge in [0.15, 0.2) is 0 Å². The molecule has 2 N–H and O–H groups in total. The molecule has 0 unspecified atom stereocenters. The molecule has 0 saturated heterocycles. The summed E-state index contributed by atoms with van der Waals surface area (Å²) in [4.78, 5) is 0. The van der Waals surface area contributed by atoms with Gasteiger partial charge in [-0.25, -0.2) is 0 Å². The molecule has 1 aromatic rings. The maximum Gasteiger partial charge on any atom is 0.0406 e. The highest BCUT2D eigenvalue weighted by Gasteiger charge is 2.66. The van der Waals surface area contributed by atoms with Crippen molar-refractivity contribution >= 4 is 11.6 Å². The number of halogens is 1. The third-order valence-electron chi connectivity index (χ3n) is 3.53. The van der Waals surface area contributed by atoms with Crippen LogP contribution in [0.2, 0.25) is 5.02 Å². The average Bonchev–Trinajstić information content (AvgIpc) is 1.99. The Kier molecular flexibility index (Phi) is 1.27. The summed E-state index contributed by atoms with van der Waals surface area (Å²) in [5.74, 6) is 0. The minimum atomic E-state index is 0.194. The van der Waals surface area contributed by atoms with Crippen LogP contribution in [0.4, 0.5) is 0 Å². The van der Waals surface area contributed by atoms with Gasteiger partial charge >= 0.3 is 0 Å². The fraction of sp³-hybridized carbons (Fsp3) is 0.455. The molecule has 4 rings (SSSR count). The van der Waals surface area contributed by atoms with Crippen molar-refractivity contribution in [1.29, 1.82) is 0 Å². The SMILES string of the molecule is NC12CC(c3ccc(Cl)cc3)(C1)C2. The summed E-state index contributed by atoms with van der Waals surface area (Å²) in [6, 6.07) is 8.23. The van der Waals surface area contributed by atoms with Crippen molar-refractivity contribution in [2.75, 3.05) is 0 Å². The first-order chi connectivity index (χ1) is 6.12. The second-order valence-corrected chi connectivity index (χ2v) is 5.12. The minimum Gasteiger partial charge on any atom is -0.325 e. The van der Waals surface area contributed by atoms with Crippen molar-refractivity contribution in [3.8, 4) is 0 Å². The summed E-state index contributed by atoms with van der Waals surface area (Å²) >= 11 is 5.84. The van der Waals surface area contributed by atoms with Gasteiger partial charge in [-0.1, -0.05) is 23.7 Å². The molecule has 68 valence electrons. The van der Waals surface area contributed by atoms with Gasteiger partial charge in [0, 0.05) is 16.0 Å². The Morgan fingerprint density at radius 3 is 2.08 bits per heavy atom. The summed E-state index contributed by atoms with van der Waals surface area (Å²) in [5.41, 5.74) is 8.06. The summed E-state index contributed by atoms with van der Waals surface area (Å²) < 4.78 is 0. The lowest BCUT2D eigenvalue weighted by Crippen LogP contribution is -2.74. The summed E-state index contributed by atoms with van der Waals surface area (Å²) in [6.45, 7) is 0. The lowest BCUT2D eigenvalue weighted by molar-refractivity contribution is -0.0589. The van der Waals surface area contributed by atoms with Crippen LogP contribution in [0.15, 0.2) is 24.3 Å². The van der Waals surface area contributed by atoms with Crippen molar-refractivity contribution in [1.82, 2.24) is 0 Å². The van der Waals surface area contributed by atoms with Crippen molar-refractivity contribution in [2.45, 2.75) is 30.2 Å². The zero-order chi connectivity index (χ0) is 9.10. The molecule has 2 heteroatoms. The van der Waals surface area contributed by atoms with E-state index in [4.69, 9.17) is 17.3 Å². The molecule has 0 amide bonds. The van der Waals surface area contributed by atoms with Gasteiger partial charge in [-0.2, -0.15) is 0 Å². The molecule has 1 nitrogen and oxygen atoms in total. The summed E-state index contributed by atoms with van der Waals surface area (Å²) in [5, 5.41) is 0.817. The third kappa shape index (κ3) is 0.918. The molecule has 13 heavy (non-hydrogen) atoms. The van der Waals surface area contributed by atoms with Crippen molar-refractivity contribution in [3.63, 3.8) is 0 Å². The van der Waals surface area contributed by atoms with Gasteiger partial charge in [-0.3, -0.25) is 0 Å². The number of rotatable bonds is 1. The normalized spacial score (nSPS) is 40.8. The number of benzene rings is 1. The van der Waals surface area contributed by atoms with Gasteiger partial charge in [0.05, 0.1) is 0 Å². The lowest BCUT2D eigenvalue weighted by atomic mass is 9.38. The molecule has 0 atom stereocenters. The molecule has 0 spiro atoms. The van der Waals surface area contributed by atoms with Crippen LogP contribution in [0, 0.1) is 0 Å². The average molecular weight is 194 g/mol. The van der Waals surface area contributed by atoms with Gasteiger partial charge in [-0.05, 0) is 37.0 Å². The smallest absolute Gasteiger partial charge is 0.0406 e. The fourth-order valence-corrected chi connectivity index (χ4v) is 3.10. The Morgan fingerprint density at radius 2 is 1.62 bits per heavy atom. The Balaban J connectivity index is 1.91. The van der Waals surface area contributed by atoms with Crippen molar-refractivity contribution in [2.24, 2.45) is 5.73 Å². The molecule has 0 aromatic heterocycles. The zero-order valence-corrected chi connectivity index (χ0v) is 8.14. The Hall–Kier alpha value is -0.530. The molecule has 3 aliphatic carbocycles. The molecular weight excluding hydrogens is 182 g/mol. The topological polar surface area (TPSA) is 26.0 Å². The predicted octanol–water partition coefficient (Wildman–Crippen LogP) is 2.47. The highest BCUT2D eigenvalue weighted by Crippen LogP contribution is 2.66. The van der Waals surface area contributed by atoms with Crippen molar-refractivity contribution in [3.05, 3.63) is 34.9 Å². The van der Waals surface area contributed by atoms with E-state index in [2.05, 4.69) is 12.1 Å². The van der Waals surface area contributed by atoms with Crippen LogP contribution in [-0.4, -0.2) is 5.54 Å². The predicted molar refractivity (Wildman–Crippen MR) is 53.9 cm³/mol. The standard InChI is InChI=1S/C11H12ClN/c12-9-3-1-8(2-4-9)10-5-11(13,6-10)7-10/h1-4H,5-7,13H2. The first-order valence-corrected chi connectivity index (χ1v) is 5.05. The van der Waals surface area contributed by atoms with Gasteiger partial charge < -0.3 is 5.73 Å². The van der Waals surface area contributed by atoms with Crippen LogP contribution >= 0.6 is 11.6 Å². The second kappa shape index (κ2) is 2.10. The molecule has 0 radical (unpaired) electrons. The van der Waals surface area contributed by atoms with Gasteiger partial charge in [0.1, 0.15) is 0 Å². The minimum absolute atomic E-state index is 0.194. The molecule has 2 bridgehead atoms. The van der Waals surface area contributed by atoms with E-state index in [1.54, 1.807) is 0 Å². The van der Waals surface area contributed by atoms with Crippen LogP contribution in [0.3, 0.4) is 0 Å². The third-order valence-corrected chi connectivity index (χ3v) is 3.78. The monoisotopic (exact) mass is 193 g/mol. The van der Waals surface area contributed by atoms with Crippen LogP contribution in [0.5, 0.6) is 0 Å². The van der Waals surface area contributed by atoms with Crippen molar-refractivity contribution < 1.29 is 0 Å². The molecule has 3 aliphatic rings. The Morgan fingerprint density at radius 1 is 1.08 bits per heavy atom. The van der Waals surface area contributed by atoms with Gasteiger partial charge in [0.2, 0.25) is 0 Å². The first kappa shape index (κ1) is 7.84. The number of nitrogens with two attached hydrogens (primary N) is 1. The van der Waals surface area contributed by atoms with E-state index in [-0.39, 0.29) is 5.54 Å². The van der Waals surface area contributed by atoms with E-state index in [9.17, 15) is 0 Å². The van der Waals surface area contributed by atoms with E-state index in [1.807, 2.05) is 12.1 Å². The molecular formula is C11H12ClN. The molecule has 1 aromatic carbocycles. The molecule has 0 heterocycles. The lowest BCUT2D eigenvalue weighted by Gasteiger charge is -2.69. The Bertz CT molecular complexity index is 335. The highest BCUT2D eigenvalue weighted by molar-refractivity contribution is 6.30. The summed E-state index contributed by atoms with van der Waals surface area (Å²) in [7, 11) is 0. The van der Waals surface area contributed by atoms with E-state index < -0.39 is 0 Å². The molecule has 3 fully saturated rings. The highest BCUT2D eigenvalue weighted by atomic mass is 35.5. The maximum atomic E-state index is 6.01. The van der Waals surface area contributed by atoms with Crippen LogP contribution in [-0.2, 0) is 5.41 Å². The zero-order valence-electron chi connectivity index (χ0n) is 7.39. The molecule has 3 saturated carbocycles. The first-order valence-electron chi connectivity index (χ1n) is 4.67. The quantitative estimate of drug-likeness (QED) is 0.729. The van der Waals surface area contributed by atoms with E-state index in [1.165, 1.54) is 24.8 Å². The van der Waals surface area contributed by atoms with E-state index in [0.717, 1.165) is 5.02 Å². The van der Waals surface area contributed by atoms with Crippen LogP contribution < -0.4 is 5.73 Å². The maximum absolute atomic E-state index is 6.01.